The van der Waals surface area contributed by atoms with Gasteiger partial charge in [-0.2, -0.15) is 0 Å². The van der Waals surface area contributed by atoms with Crippen molar-refractivity contribution < 1.29 is 34.0 Å². The molecule has 0 aliphatic heterocycles. The molecule has 3 aromatic rings. The van der Waals surface area contributed by atoms with Crippen LogP contribution in [0.2, 0.25) is 0 Å². The molecule has 0 heterocycles. The van der Waals surface area contributed by atoms with Crippen LogP contribution in [-0.2, 0) is 38.3 Å². The second kappa shape index (κ2) is 25.7. The minimum atomic E-state index is -0.618. The number of esters is 2. The van der Waals surface area contributed by atoms with Crippen molar-refractivity contribution in [2.45, 2.75) is 156 Å². The number of unbranched alkanes of at least 4 members (excludes halogenated alkanes) is 3. The summed E-state index contributed by atoms with van der Waals surface area (Å²) < 4.78 is 17.6. The zero-order valence-electron chi connectivity index (χ0n) is 37.8. The summed E-state index contributed by atoms with van der Waals surface area (Å²) in [7, 11) is 0. The smallest absolute Gasteiger partial charge is 0.333 e. The molecule has 0 radical (unpaired) electrons. The van der Waals surface area contributed by atoms with Crippen LogP contribution in [0.15, 0.2) is 66.7 Å². The van der Waals surface area contributed by atoms with E-state index in [9.17, 15) is 19.8 Å². The van der Waals surface area contributed by atoms with E-state index in [-0.39, 0.29) is 25.8 Å². The van der Waals surface area contributed by atoms with Gasteiger partial charge in [0.1, 0.15) is 5.75 Å². The second-order valence-corrected chi connectivity index (χ2v) is 17.4. The van der Waals surface area contributed by atoms with Gasteiger partial charge in [0.25, 0.3) is 0 Å². The van der Waals surface area contributed by atoms with E-state index in [0.29, 0.717) is 63.2 Å². The molecule has 2 N–H and O–H groups in total. The first-order chi connectivity index (χ1) is 29.1. The van der Waals surface area contributed by atoms with Crippen LogP contribution >= 0.6 is 0 Å². The molecule has 1 saturated carbocycles. The van der Waals surface area contributed by atoms with Crippen molar-refractivity contribution in [2.24, 2.45) is 11.3 Å². The van der Waals surface area contributed by atoms with Crippen LogP contribution in [0.4, 0.5) is 0 Å². The highest BCUT2D eigenvalue weighted by atomic mass is 16.5. The molecule has 0 bridgehead atoms. The van der Waals surface area contributed by atoms with Gasteiger partial charge in [-0.1, -0.05) is 115 Å². The number of aliphatic hydroxyl groups excluding tert-OH is 2. The van der Waals surface area contributed by atoms with E-state index in [1.165, 1.54) is 73.6 Å². The fourth-order valence-corrected chi connectivity index (χ4v) is 8.74. The fraction of sp³-hybridized carbons (Fsp3) is 0.585. The molecule has 0 aromatic heterocycles. The van der Waals surface area contributed by atoms with Gasteiger partial charge in [-0.15, -0.1) is 0 Å². The number of carbonyl (C=O) groups is 2. The van der Waals surface area contributed by atoms with Gasteiger partial charge in [-0.05, 0) is 146 Å². The van der Waals surface area contributed by atoms with Crippen molar-refractivity contribution >= 4 is 11.9 Å². The minimum Gasteiger partial charge on any atom is -0.493 e. The van der Waals surface area contributed by atoms with Crippen molar-refractivity contribution in [1.29, 1.82) is 0 Å². The average molecular weight is 825 g/mol. The molecule has 0 saturated heterocycles. The third kappa shape index (κ3) is 14.6. The fourth-order valence-electron chi connectivity index (χ4n) is 8.74. The van der Waals surface area contributed by atoms with Gasteiger partial charge in [0, 0.05) is 17.4 Å². The van der Waals surface area contributed by atoms with Gasteiger partial charge < -0.3 is 24.4 Å². The Morgan fingerprint density at radius 3 is 1.90 bits per heavy atom. The number of hydrogen-bond donors (Lipinski definition) is 2. The third-order valence-corrected chi connectivity index (χ3v) is 12.7. The Balaban J connectivity index is 1.64. The van der Waals surface area contributed by atoms with Crippen molar-refractivity contribution in [1.82, 2.24) is 0 Å². The van der Waals surface area contributed by atoms with E-state index in [4.69, 9.17) is 14.2 Å². The molecule has 330 valence electrons. The van der Waals surface area contributed by atoms with Crippen LogP contribution in [-0.4, -0.2) is 55.2 Å². The first-order valence-corrected chi connectivity index (χ1v) is 23.3. The van der Waals surface area contributed by atoms with Crippen LogP contribution in [0.3, 0.4) is 0 Å². The number of aryl methyl sites for hydroxylation is 3. The van der Waals surface area contributed by atoms with Gasteiger partial charge in [-0.25, -0.2) is 4.79 Å². The van der Waals surface area contributed by atoms with E-state index in [1.807, 2.05) is 0 Å². The monoisotopic (exact) mass is 825 g/mol. The summed E-state index contributed by atoms with van der Waals surface area (Å²) in [5.41, 5.74) is 9.17. The lowest BCUT2D eigenvalue weighted by Crippen LogP contribution is -2.32. The van der Waals surface area contributed by atoms with Gasteiger partial charge in [0.2, 0.25) is 0 Å². The average Bonchev–Trinajstić information content (AvgIpc) is 3.28. The number of aliphatic hydroxyl groups is 2. The maximum absolute atomic E-state index is 12.2. The predicted octanol–water partition coefficient (Wildman–Crippen LogP) is 12.3. The zero-order chi connectivity index (χ0) is 43.3. The van der Waals surface area contributed by atoms with E-state index in [1.54, 1.807) is 13.8 Å². The highest BCUT2D eigenvalue weighted by Gasteiger charge is 2.29. The van der Waals surface area contributed by atoms with E-state index >= 15 is 0 Å². The quantitative estimate of drug-likeness (QED) is 0.0448. The molecule has 0 atom stereocenters. The van der Waals surface area contributed by atoms with Crippen LogP contribution < -0.4 is 4.74 Å². The van der Waals surface area contributed by atoms with E-state index in [0.717, 1.165) is 59.6 Å². The summed E-state index contributed by atoms with van der Waals surface area (Å²) in [6.07, 6.45) is 17.5. The molecule has 1 aliphatic rings. The largest absolute Gasteiger partial charge is 0.493 e. The highest BCUT2D eigenvalue weighted by Crippen LogP contribution is 2.40. The van der Waals surface area contributed by atoms with Crippen molar-refractivity contribution in [3.63, 3.8) is 0 Å². The summed E-state index contributed by atoms with van der Waals surface area (Å²) >= 11 is 0. The van der Waals surface area contributed by atoms with E-state index in [2.05, 4.69) is 81.9 Å². The predicted molar refractivity (Wildman–Crippen MR) is 245 cm³/mol. The first-order valence-electron chi connectivity index (χ1n) is 23.3. The SMILES string of the molecule is C=C(C)C(=O)OCCCc1cc(-c2ccc(-c3ccc(C4CCC(CCCCC)CC4)cc3)cc2CC)cc(CCCOC(=O)CC)c1OCCC(CO)(CO)CCCC. The molecule has 0 unspecified atom stereocenters. The molecule has 1 fully saturated rings. The molecule has 0 spiro atoms. The molecule has 4 rings (SSSR count). The second-order valence-electron chi connectivity index (χ2n) is 17.4. The molecule has 7 nitrogen and oxygen atoms in total. The van der Waals surface area contributed by atoms with Crippen LogP contribution in [0.25, 0.3) is 22.3 Å². The third-order valence-electron chi connectivity index (χ3n) is 12.7. The summed E-state index contributed by atoms with van der Waals surface area (Å²) in [6, 6.07) is 20.5. The zero-order valence-corrected chi connectivity index (χ0v) is 37.8. The van der Waals surface area contributed by atoms with Crippen molar-refractivity contribution in [2.75, 3.05) is 33.0 Å². The summed E-state index contributed by atoms with van der Waals surface area (Å²) in [4.78, 5) is 24.2. The first kappa shape index (κ1) is 48.7. The lowest BCUT2D eigenvalue weighted by Gasteiger charge is -2.30. The van der Waals surface area contributed by atoms with Crippen molar-refractivity contribution in [3.05, 3.63) is 89.0 Å². The number of hydrogen-bond acceptors (Lipinski definition) is 7. The van der Waals surface area contributed by atoms with Crippen LogP contribution in [0, 0.1) is 11.3 Å². The Morgan fingerprint density at radius 1 is 0.700 bits per heavy atom. The van der Waals surface area contributed by atoms with Crippen LogP contribution in [0.5, 0.6) is 5.75 Å². The number of benzene rings is 3. The molecule has 7 heteroatoms. The summed E-state index contributed by atoms with van der Waals surface area (Å²) in [5, 5.41) is 20.7. The van der Waals surface area contributed by atoms with E-state index < -0.39 is 11.4 Å². The molecule has 3 aromatic carbocycles. The Morgan fingerprint density at radius 2 is 1.32 bits per heavy atom. The van der Waals surface area contributed by atoms with Gasteiger partial charge in [0.05, 0.1) is 33.0 Å². The number of rotatable bonds is 27. The van der Waals surface area contributed by atoms with Crippen LogP contribution in [0.1, 0.15) is 159 Å². The Hall–Kier alpha value is -3.94. The molecule has 1 aliphatic carbocycles. The lowest BCUT2D eigenvalue weighted by atomic mass is 9.77. The van der Waals surface area contributed by atoms with Gasteiger partial charge in [-0.3, -0.25) is 4.79 Å². The maximum atomic E-state index is 12.2. The lowest BCUT2D eigenvalue weighted by molar-refractivity contribution is -0.143. The standard InChI is InChI=1S/C53H76O7/c1-7-11-13-16-40-19-21-42(22-20-40)43-23-25-44(26-24-43)45-27-28-49(41(9-3)34-45)48-35-46(17-14-31-58-50(56)10-4)51(47(36-48)18-15-32-60-52(57)39(5)6)59-33-30-53(37-54,38-55)29-12-8-2/h23-28,34-36,40,42,54-55H,5,7-22,29-33,37-38H2,1-4,6H3. The Bertz CT molecular complexity index is 1760. The van der Waals surface area contributed by atoms with Crippen molar-refractivity contribution in [3.8, 4) is 28.0 Å². The summed E-state index contributed by atoms with van der Waals surface area (Å²) in [5.74, 6) is 1.72. The summed E-state index contributed by atoms with van der Waals surface area (Å²) in [6.45, 7) is 14.4. The van der Waals surface area contributed by atoms with Gasteiger partial charge in [0.15, 0.2) is 0 Å². The Labute approximate surface area is 362 Å². The molecular formula is C53H76O7. The molecule has 60 heavy (non-hydrogen) atoms. The number of ether oxygens (including phenoxy) is 3. The highest BCUT2D eigenvalue weighted by molar-refractivity contribution is 5.86. The number of carbonyl (C=O) groups excluding carboxylic acids is 2. The minimum absolute atomic E-state index is 0.109. The topological polar surface area (TPSA) is 102 Å². The maximum Gasteiger partial charge on any atom is 0.333 e. The molecular weight excluding hydrogens is 749 g/mol. The van der Waals surface area contributed by atoms with Gasteiger partial charge >= 0.3 is 11.9 Å². The normalized spacial score (nSPS) is 15.4. The Kier molecular flexibility index (Phi) is 20.9. The molecule has 0 amide bonds.